The molecule has 0 aliphatic rings. The zero-order chi connectivity index (χ0) is 8.36. The second kappa shape index (κ2) is 19.5. The van der Waals surface area contributed by atoms with E-state index in [1.807, 2.05) is 0 Å². The molecule has 0 aromatic rings. The maximum atomic E-state index is 2.28. The van der Waals surface area contributed by atoms with E-state index in [1.54, 1.807) is 0 Å². The average Bonchev–Trinajstić information content (AvgIpc) is 2.03. The quantitative estimate of drug-likeness (QED) is 0.307. The molecule has 0 aromatic carbocycles. The lowest BCUT2D eigenvalue weighted by atomic mass is 10.1. The minimum atomic E-state index is 0. The van der Waals surface area contributed by atoms with Crippen molar-refractivity contribution in [3.05, 3.63) is 0 Å². The first-order chi connectivity index (χ1) is 5.41. The fourth-order valence-electron chi connectivity index (χ4n) is 1.38. The molecule has 13 heavy (non-hydrogen) atoms. The highest BCUT2D eigenvalue weighted by molar-refractivity contribution is 14.0. The Morgan fingerprint density at radius 1 is 0.692 bits per heavy atom. The van der Waals surface area contributed by atoms with Gasteiger partial charge in [0.15, 0.2) is 0 Å². The first kappa shape index (κ1) is 20.4. The molecule has 0 heterocycles. The van der Waals surface area contributed by atoms with Gasteiger partial charge in [0.1, 0.15) is 0 Å². The number of halogens is 2. The summed E-state index contributed by atoms with van der Waals surface area (Å²) in [7, 11) is 0. The predicted molar refractivity (Wildman–Crippen MR) is 86.8 cm³/mol. The third kappa shape index (κ3) is 20.2. The summed E-state index contributed by atoms with van der Waals surface area (Å²) >= 11 is 1.41. The van der Waals surface area contributed by atoms with Crippen LogP contribution in [0.15, 0.2) is 0 Å². The van der Waals surface area contributed by atoms with E-state index in [1.165, 1.54) is 72.9 Å². The maximum Gasteiger partial charge on any atom is 0.211 e. The van der Waals surface area contributed by atoms with Crippen LogP contribution in [0.25, 0.3) is 0 Å². The Kier molecular flexibility index (Phi) is 30.7. The number of hydrogen-bond acceptors (Lipinski definition) is 0. The molecule has 0 amide bonds. The van der Waals surface area contributed by atoms with Gasteiger partial charge in [-0.2, -0.15) is 0 Å². The normalized spacial score (nSPS) is 8.69. The lowest BCUT2D eigenvalue weighted by Gasteiger charge is -1.99. The number of unbranched alkanes of at least 4 members (excludes halogenated alkanes) is 7. The molecule has 0 fully saturated rings. The van der Waals surface area contributed by atoms with Crippen molar-refractivity contribution in [2.24, 2.45) is 0 Å². The molecule has 0 N–H and O–H groups in total. The molecular weight excluding hydrogens is 401 g/mol. The largest absolute Gasteiger partial charge is 0.211 e. The van der Waals surface area contributed by atoms with Gasteiger partial charge in [-0.05, 0) is 0 Å². The highest BCUT2D eigenvalue weighted by Gasteiger charge is 1.89. The highest BCUT2D eigenvalue weighted by atomic mass is 127. The van der Waals surface area contributed by atoms with Crippen LogP contribution in [0.2, 0.25) is 5.28 Å². The van der Waals surface area contributed by atoms with Gasteiger partial charge < -0.3 is 0 Å². The molecule has 0 bridgehead atoms. The fourth-order valence-corrected chi connectivity index (χ4v) is 1.88. The van der Waals surface area contributed by atoms with Crippen molar-refractivity contribution in [3.63, 3.8) is 0 Å². The summed E-state index contributed by atoms with van der Waals surface area (Å²) in [5.41, 5.74) is 0. The van der Waals surface area contributed by atoms with Gasteiger partial charge in [0.05, 0.1) is 0 Å². The minimum absolute atomic E-state index is 0. The number of rotatable bonds is 8. The standard InChI is InChI=1S/C10H21.Al.2HI.2H/c1-3-5-7-9-10-8-6-4-2;;;;;/h1,3-10H2,2H3;;2*1H;;. The molecule has 0 saturated carbocycles. The summed E-state index contributed by atoms with van der Waals surface area (Å²) in [5, 5.41) is 1.51. The van der Waals surface area contributed by atoms with Gasteiger partial charge in [0.25, 0.3) is 0 Å². The molecule has 0 radical (unpaired) electrons. The van der Waals surface area contributed by atoms with Crippen molar-refractivity contribution < 1.29 is 0 Å². The van der Waals surface area contributed by atoms with E-state index in [9.17, 15) is 0 Å². The smallest absolute Gasteiger partial charge is 0.107 e. The summed E-state index contributed by atoms with van der Waals surface area (Å²) in [6.07, 6.45) is 11.7. The van der Waals surface area contributed by atoms with E-state index in [0.717, 1.165) is 0 Å². The van der Waals surface area contributed by atoms with Crippen LogP contribution in [0.5, 0.6) is 0 Å². The zero-order valence-electron chi connectivity index (χ0n) is 9.18. The third-order valence-electron chi connectivity index (χ3n) is 2.21. The van der Waals surface area contributed by atoms with Crippen molar-refractivity contribution >= 4 is 64.2 Å². The van der Waals surface area contributed by atoms with Gasteiger partial charge in [-0.25, -0.2) is 0 Å². The molecule has 0 saturated heterocycles. The van der Waals surface area contributed by atoms with Gasteiger partial charge in [-0.1, -0.05) is 58.3 Å². The molecule has 0 unspecified atom stereocenters. The van der Waals surface area contributed by atoms with Crippen LogP contribution in [0.1, 0.15) is 58.3 Å². The fraction of sp³-hybridized carbons (Fsp3) is 1.00. The van der Waals surface area contributed by atoms with E-state index in [2.05, 4.69) is 6.92 Å². The van der Waals surface area contributed by atoms with Crippen LogP contribution in [-0.2, 0) is 0 Å². The van der Waals surface area contributed by atoms with E-state index < -0.39 is 0 Å². The van der Waals surface area contributed by atoms with Crippen LogP contribution in [-0.4, -0.2) is 16.3 Å². The molecule has 82 valence electrons. The molecule has 0 rings (SSSR count). The zero-order valence-corrected chi connectivity index (χ0v) is 15.8. The van der Waals surface area contributed by atoms with Gasteiger partial charge in [-0.15, -0.1) is 53.2 Å². The van der Waals surface area contributed by atoms with Gasteiger partial charge >= 0.3 is 0 Å². The van der Waals surface area contributed by atoms with Crippen molar-refractivity contribution in [2.75, 3.05) is 0 Å². The molecule has 0 spiro atoms. The van der Waals surface area contributed by atoms with Crippen molar-refractivity contribution in [2.45, 2.75) is 63.6 Å². The van der Waals surface area contributed by atoms with Crippen LogP contribution in [0, 0.1) is 0 Å². The first-order valence-electron chi connectivity index (χ1n) is 5.41. The average molecular weight is 426 g/mol. The second-order valence-electron chi connectivity index (χ2n) is 3.47. The van der Waals surface area contributed by atoms with E-state index >= 15 is 0 Å². The molecule has 0 aliphatic carbocycles. The Morgan fingerprint density at radius 2 is 1.08 bits per heavy atom. The Labute approximate surface area is 126 Å². The SMILES string of the molecule is CCCCCCCCC[CH2][AlH2].I.I. The molecular formula is C10H25AlI2. The Balaban J connectivity index is -0.000000500. The van der Waals surface area contributed by atoms with Gasteiger partial charge in [-0.3, -0.25) is 0 Å². The van der Waals surface area contributed by atoms with E-state index in [-0.39, 0.29) is 48.0 Å². The summed E-state index contributed by atoms with van der Waals surface area (Å²) < 4.78 is 0. The molecule has 0 atom stereocenters. The Morgan fingerprint density at radius 3 is 1.46 bits per heavy atom. The van der Waals surface area contributed by atoms with Crippen molar-refractivity contribution in [1.29, 1.82) is 0 Å². The van der Waals surface area contributed by atoms with Gasteiger partial charge in [0, 0.05) is 0 Å². The van der Waals surface area contributed by atoms with E-state index in [4.69, 9.17) is 0 Å². The monoisotopic (exact) mass is 426 g/mol. The lowest BCUT2D eigenvalue weighted by Crippen LogP contribution is -1.79. The van der Waals surface area contributed by atoms with Crippen LogP contribution >= 0.6 is 48.0 Å². The minimum Gasteiger partial charge on any atom is -0.107 e. The first-order valence-corrected chi connectivity index (χ1v) is 6.83. The molecule has 0 nitrogen and oxygen atoms in total. The number of hydrogen-bond donors (Lipinski definition) is 0. The summed E-state index contributed by atoms with van der Waals surface area (Å²) in [5.74, 6) is 0. The highest BCUT2D eigenvalue weighted by Crippen LogP contribution is 2.08. The van der Waals surface area contributed by atoms with Crippen molar-refractivity contribution in [1.82, 2.24) is 0 Å². The summed E-state index contributed by atoms with van der Waals surface area (Å²) in [6, 6.07) is 0. The Hall–Kier alpha value is 1.99. The molecule has 0 aliphatic heterocycles. The third-order valence-corrected chi connectivity index (χ3v) is 2.91. The van der Waals surface area contributed by atoms with Gasteiger partial charge in [0.2, 0.25) is 16.3 Å². The summed E-state index contributed by atoms with van der Waals surface area (Å²) in [6.45, 7) is 2.28. The van der Waals surface area contributed by atoms with E-state index in [0.29, 0.717) is 0 Å². The molecule has 3 heteroatoms. The van der Waals surface area contributed by atoms with Crippen LogP contribution in [0.4, 0.5) is 0 Å². The predicted octanol–water partition coefficient (Wildman–Crippen LogP) is 4.41. The van der Waals surface area contributed by atoms with Crippen LogP contribution in [0.3, 0.4) is 0 Å². The second-order valence-corrected chi connectivity index (χ2v) is 4.47. The lowest BCUT2D eigenvalue weighted by molar-refractivity contribution is 0.585. The van der Waals surface area contributed by atoms with Crippen LogP contribution < -0.4 is 0 Å². The summed E-state index contributed by atoms with van der Waals surface area (Å²) in [4.78, 5) is 0. The molecule has 0 aromatic heterocycles. The van der Waals surface area contributed by atoms with Crippen molar-refractivity contribution in [3.8, 4) is 0 Å². The maximum absolute atomic E-state index is 2.28. The Bertz CT molecular complexity index is 61.9. The topological polar surface area (TPSA) is 0 Å².